The minimum absolute atomic E-state index is 0.000899. The molecule has 1 aromatic carbocycles. The van der Waals surface area contributed by atoms with Gasteiger partial charge in [-0.25, -0.2) is 4.79 Å². The zero-order valence-electron chi connectivity index (χ0n) is 29.2. The first kappa shape index (κ1) is 42.0. The number of nitrogens with two attached hydrogens (primary N) is 2. The van der Waals surface area contributed by atoms with Gasteiger partial charge in [0.2, 0.25) is 5.91 Å². The Morgan fingerprint density at radius 1 is 0.902 bits per heavy atom. The summed E-state index contributed by atoms with van der Waals surface area (Å²) in [7, 11) is 0. The minimum atomic E-state index is -1.22. The van der Waals surface area contributed by atoms with Gasteiger partial charge in [0.05, 0.1) is 35.7 Å². The van der Waals surface area contributed by atoms with E-state index in [4.69, 9.17) is 26.4 Å². The Labute approximate surface area is 295 Å². The third kappa shape index (κ3) is 14.3. The maximum Gasteiger partial charge on any atom is 0.337 e. The Balaban J connectivity index is 2.16. The molecule has 0 saturated heterocycles. The van der Waals surface area contributed by atoms with E-state index in [-0.39, 0.29) is 62.2 Å². The zero-order valence-corrected chi connectivity index (χ0v) is 29.2. The molecule has 0 radical (unpaired) electrons. The highest BCUT2D eigenvalue weighted by molar-refractivity contribution is 6.06. The molecule has 0 spiro atoms. The lowest BCUT2D eigenvalue weighted by atomic mass is 9.94. The highest BCUT2D eigenvalue weighted by Crippen LogP contribution is 2.24. The van der Waals surface area contributed by atoms with Crippen molar-refractivity contribution >= 4 is 57.8 Å². The lowest BCUT2D eigenvalue weighted by Crippen LogP contribution is -2.42. The maximum absolute atomic E-state index is 13.4. The van der Waals surface area contributed by atoms with Crippen molar-refractivity contribution in [1.82, 2.24) is 10.6 Å². The number of carbonyl (C=O) groups excluding carboxylic acids is 4. The molecule has 0 fully saturated rings. The molecule has 0 unspecified atom stereocenters. The summed E-state index contributed by atoms with van der Waals surface area (Å²) < 4.78 is 5.37. The average Bonchev–Trinajstić information content (AvgIpc) is 3.08. The van der Waals surface area contributed by atoms with Crippen LogP contribution < -0.4 is 32.6 Å². The van der Waals surface area contributed by atoms with Crippen LogP contribution in [0.25, 0.3) is 11.0 Å². The number of benzene rings is 1. The number of unbranched alkanes of at least 4 members (excludes halogenated alkanes) is 1. The number of anilines is 1. The number of Topliss-reactive ketones (excluding diaryl/α,β-unsaturated/α-hetero) is 2. The second kappa shape index (κ2) is 21.2. The molecule has 2 rings (SSSR count). The Bertz CT molecular complexity index is 1620. The van der Waals surface area contributed by atoms with Crippen molar-refractivity contribution in [3.63, 3.8) is 0 Å². The predicted molar refractivity (Wildman–Crippen MR) is 190 cm³/mol. The second-order valence-corrected chi connectivity index (χ2v) is 12.4. The summed E-state index contributed by atoms with van der Waals surface area (Å²) in [5, 5.41) is 31.3. The fourth-order valence-electron chi connectivity index (χ4n) is 5.57. The number of carboxylic acids is 2. The largest absolute Gasteiger partial charge is 0.481 e. The minimum Gasteiger partial charge on any atom is -0.481 e. The van der Waals surface area contributed by atoms with E-state index in [1.807, 2.05) is 18.7 Å². The van der Waals surface area contributed by atoms with Crippen molar-refractivity contribution in [1.29, 1.82) is 5.41 Å². The number of carbonyl (C=O) groups is 6. The van der Waals surface area contributed by atoms with Crippen molar-refractivity contribution in [3.05, 3.63) is 40.2 Å². The summed E-state index contributed by atoms with van der Waals surface area (Å²) in [5.41, 5.74) is 11.8. The van der Waals surface area contributed by atoms with Gasteiger partial charge < -0.3 is 41.6 Å². The smallest absolute Gasteiger partial charge is 0.337 e. The number of nitrogens with one attached hydrogen (secondary N) is 3. The van der Waals surface area contributed by atoms with E-state index in [9.17, 15) is 38.7 Å². The highest BCUT2D eigenvalue weighted by Gasteiger charge is 2.27. The molecule has 0 saturated carbocycles. The fraction of sp³-hybridized carbons (Fsp3) is 0.543. The third-order valence-corrected chi connectivity index (χ3v) is 8.52. The number of carboxylic acid groups (broad SMARTS) is 2. The molecule has 1 aromatic heterocycles. The first-order chi connectivity index (χ1) is 24.2. The average molecular weight is 715 g/mol. The molecule has 9 N–H and O–H groups in total. The molecular formula is C35H50N6O10. The molecular weight excluding hydrogens is 664 g/mol. The fourth-order valence-corrected chi connectivity index (χ4v) is 5.57. The van der Waals surface area contributed by atoms with Crippen LogP contribution in [-0.2, 0) is 24.0 Å². The Kier molecular flexibility index (Phi) is 17.5. The quantitative estimate of drug-likeness (QED) is 0.0337. The number of aliphatic carboxylic acids is 2. The number of hydrogen-bond acceptors (Lipinski definition) is 11. The number of fused-ring (bicyclic) bond motifs is 1. The molecule has 1 heterocycles. The number of hydrogen-bond donors (Lipinski definition) is 7. The summed E-state index contributed by atoms with van der Waals surface area (Å²) in [4.78, 5) is 88.7. The standard InChI is InChI=1S/C35H50N6O10/c1-3-41(4-2)23-11-13-25-26(19-32(46)51-29(25)18-23)34(48)40-20-22(17-28(43)27(36)9-5-6-10-30(37)38)33(47)39-15-7-8-21(35(49)50)16-24(42)12-14-31(44)45/h11,13,18-19,21-22,27H,3-10,12,14-17,20,36H2,1-2H3,(H3,37,38)(H,39,47)(H,40,48)(H,44,45)(H,49,50)/t21-,22+,27-/m0/s1. The van der Waals surface area contributed by atoms with E-state index < -0.39 is 65.2 Å². The Morgan fingerprint density at radius 2 is 1.61 bits per heavy atom. The van der Waals surface area contributed by atoms with Crippen LogP contribution in [0.4, 0.5) is 5.69 Å². The maximum atomic E-state index is 13.4. The third-order valence-electron chi connectivity index (χ3n) is 8.52. The van der Waals surface area contributed by atoms with Crippen LogP contribution in [0, 0.1) is 17.2 Å². The van der Waals surface area contributed by atoms with Crippen LogP contribution in [0.1, 0.15) is 88.4 Å². The molecule has 2 aromatic rings. The molecule has 3 atom stereocenters. The number of nitrogens with zero attached hydrogens (tertiary/aromatic N) is 1. The van der Waals surface area contributed by atoms with Crippen LogP contribution >= 0.6 is 0 Å². The van der Waals surface area contributed by atoms with Crippen LogP contribution in [0.15, 0.2) is 33.5 Å². The molecule has 16 nitrogen and oxygen atoms in total. The van der Waals surface area contributed by atoms with Gasteiger partial charge in [-0.15, -0.1) is 0 Å². The Hall–Kier alpha value is -5.12. The highest BCUT2D eigenvalue weighted by atomic mass is 16.4. The number of amides is 2. The van der Waals surface area contributed by atoms with Crippen molar-refractivity contribution in [2.45, 2.75) is 84.1 Å². The zero-order chi connectivity index (χ0) is 38.1. The molecule has 0 aliphatic heterocycles. The van der Waals surface area contributed by atoms with Crippen molar-refractivity contribution < 1.29 is 43.4 Å². The number of amidine groups is 1. The van der Waals surface area contributed by atoms with E-state index in [1.54, 1.807) is 18.2 Å². The summed E-state index contributed by atoms with van der Waals surface area (Å²) >= 11 is 0. The summed E-state index contributed by atoms with van der Waals surface area (Å²) in [6, 6.07) is 5.30. The number of ketones is 2. The van der Waals surface area contributed by atoms with Gasteiger partial charge in [0.15, 0.2) is 0 Å². The lowest BCUT2D eigenvalue weighted by molar-refractivity contribution is -0.144. The monoisotopic (exact) mass is 714 g/mol. The molecule has 2 amide bonds. The summed E-state index contributed by atoms with van der Waals surface area (Å²) in [6.07, 6.45) is 0.614. The van der Waals surface area contributed by atoms with E-state index >= 15 is 0 Å². The van der Waals surface area contributed by atoms with E-state index in [2.05, 4.69) is 10.6 Å². The second-order valence-electron chi connectivity index (χ2n) is 12.4. The SMILES string of the molecule is CCN(CC)c1ccc2c(C(=O)NC[C@@H](CC(=O)[C@@H](N)CCCCC(=N)N)C(=O)NCCC[C@@H](CC(=O)CCC(=O)O)C(=O)O)cc(=O)oc2c1. The molecule has 0 aliphatic carbocycles. The van der Waals surface area contributed by atoms with Gasteiger partial charge in [0, 0.05) is 75.1 Å². The Morgan fingerprint density at radius 3 is 2.24 bits per heavy atom. The summed E-state index contributed by atoms with van der Waals surface area (Å²) in [5.74, 6) is -6.68. The molecule has 280 valence electrons. The normalized spacial score (nSPS) is 12.8. The van der Waals surface area contributed by atoms with Crippen molar-refractivity contribution in [3.8, 4) is 0 Å². The van der Waals surface area contributed by atoms with Gasteiger partial charge in [-0.05, 0) is 51.7 Å². The molecule has 16 heteroatoms. The van der Waals surface area contributed by atoms with Gasteiger partial charge in [-0.1, -0.05) is 6.42 Å². The van der Waals surface area contributed by atoms with Gasteiger partial charge in [-0.2, -0.15) is 0 Å². The van der Waals surface area contributed by atoms with Crippen LogP contribution in [-0.4, -0.2) is 83.6 Å². The van der Waals surface area contributed by atoms with Gasteiger partial charge in [0.1, 0.15) is 17.1 Å². The van der Waals surface area contributed by atoms with Crippen molar-refractivity contribution in [2.24, 2.45) is 23.3 Å². The van der Waals surface area contributed by atoms with Crippen LogP contribution in [0.3, 0.4) is 0 Å². The first-order valence-corrected chi connectivity index (χ1v) is 17.1. The van der Waals surface area contributed by atoms with E-state index in [0.29, 0.717) is 44.2 Å². The van der Waals surface area contributed by atoms with Crippen molar-refractivity contribution in [2.75, 3.05) is 31.1 Å². The predicted octanol–water partition coefficient (Wildman–Crippen LogP) is 2.19. The van der Waals surface area contributed by atoms with E-state index in [1.165, 1.54) is 0 Å². The first-order valence-electron chi connectivity index (χ1n) is 17.1. The van der Waals surface area contributed by atoms with Crippen LogP contribution in [0.2, 0.25) is 0 Å². The van der Waals surface area contributed by atoms with E-state index in [0.717, 1.165) is 11.8 Å². The van der Waals surface area contributed by atoms with Gasteiger partial charge in [0.25, 0.3) is 5.91 Å². The molecule has 0 aliphatic rings. The molecule has 51 heavy (non-hydrogen) atoms. The van der Waals surface area contributed by atoms with Gasteiger partial charge >= 0.3 is 17.6 Å². The summed E-state index contributed by atoms with van der Waals surface area (Å²) in [6.45, 7) is 5.10. The lowest BCUT2D eigenvalue weighted by Gasteiger charge is -2.21. The molecule has 0 bridgehead atoms. The van der Waals surface area contributed by atoms with Gasteiger partial charge in [-0.3, -0.25) is 34.2 Å². The topological polar surface area (TPSA) is 276 Å². The number of rotatable bonds is 25. The van der Waals surface area contributed by atoms with Crippen LogP contribution in [0.5, 0.6) is 0 Å².